The van der Waals surface area contributed by atoms with E-state index in [1.807, 2.05) is 30.3 Å². The summed E-state index contributed by atoms with van der Waals surface area (Å²) in [5.41, 5.74) is 3.01. The largest absolute Gasteiger partial charge is 0.368 e. The summed E-state index contributed by atoms with van der Waals surface area (Å²) in [6.45, 7) is 3.00. The maximum absolute atomic E-state index is 13.1. The smallest absolute Gasteiger partial charge is 0.220 e. The summed E-state index contributed by atoms with van der Waals surface area (Å²) in [5, 5.41) is -0.384. The molecule has 3 heterocycles. The van der Waals surface area contributed by atoms with Gasteiger partial charge in [0, 0.05) is 19.0 Å². The lowest BCUT2D eigenvalue weighted by Gasteiger charge is -2.26. The van der Waals surface area contributed by atoms with Crippen LogP contribution >= 0.6 is 0 Å². The molecule has 4 nitrogen and oxygen atoms in total. The van der Waals surface area contributed by atoms with Crippen LogP contribution < -0.4 is 0 Å². The predicted octanol–water partition coefficient (Wildman–Crippen LogP) is 3.22. The molecule has 0 radical (unpaired) electrons. The standard InChI is InChI=1S/C21H23NO3S/c1-15-7-9-17(10-8-15)18-12-21-14-22(13-16-5-3-2-4-6-16)26(23,24)20(21)11-19(18)25-21/h2-10,18-20H,11-14H2,1H3/t18-,19-,20+,21+/m1/s1. The molecular formula is C21H23NO3S. The Morgan fingerprint density at radius 1 is 1.12 bits per heavy atom. The number of hydrogen-bond donors (Lipinski definition) is 0. The Bertz CT molecular complexity index is 925. The third-order valence-electron chi connectivity index (χ3n) is 6.30. The summed E-state index contributed by atoms with van der Waals surface area (Å²) in [6, 6.07) is 18.4. The van der Waals surface area contributed by atoms with Crippen molar-refractivity contribution in [2.24, 2.45) is 0 Å². The Labute approximate surface area is 154 Å². The van der Waals surface area contributed by atoms with Crippen molar-refractivity contribution in [1.82, 2.24) is 4.31 Å². The van der Waals surface area contributed by atoms with Gasteiger partial charge in [-0.15, -0.1) is 0 Å². The van der Waals surface area contributed by atoms with Crippen molar-refractivity contribution in [2.75, 3.05) is 6.54 Å². The summed E-state index contributed by atoms with van der Waals surface area (Å²) < 4.78 is 34.2. The van der Waals surface area contributed by atoms with E-state index in [0.717, 1.165) is 12.0 Å². The molecule has 0 saturated carbocycles. The first-order chi connectivity index (χ1) is 12.5. The molecule has 4 atom stereocenters. The second kappa shape index (κ2) is 5.65. The molecule has 0 N–H and O–H groups in total. The van der Waals surface area contributed by atoms with Crippen LogP contribution in [0.1, 0.15) is 35.4 Å². The van der Waals surface area contributed by atoms with Crippen LogP contribution in [0.3, 0.4) is 0 Å². The SMILES string of the molecule is Cc1ccc([C@H]2C[C@]34CN(Cc5ccccc5)S(=O)(=O)[C@H]3C[C@H]2O4)cc1. The predicted molar refractivity (Wildman–Crippen MR) is 100 cm³/mol. The summed E-state index contributed by atoms with van der Waals surface area (Å²) in [7, 11) is -3.31. The first-order valence-corrected chi connectivity index (χ1v) is 10.8. The highest BCUT2D eigenvalue weighted by Gasteiger charge is 2.68. The summed E-state index contributed by atoms with van der Waals surface area (Å²) in [4.78, 5) is 0. The number of nitrogens with zero attached hydrogens (tertiary/aromatic N) is 1. The van der Waals surface area contributed by atoms with E-state index in [9.17, 15) is 8.42 Å². The van der Waals surface area contributed by atoms with Crippen LogP contribution in [0.2, 0.25) is 0 Å². The third-order valence-corrected chi connectivity index (χ3v) is 8.62. The fourth-order valence-corrected chi connectivity index (χ4v) is 7.31. The Hall–Kier alpha value is -1.69. The van der Waals surface area contributed by atoms with Gasteiger partial charge < -0.3 is 4.74 Å². The van der Waals surface area contributed by atoms with Gasteiger partial charge in [-0.1, -0.05) is 60.2 Å². The van der Waals surface area contributed by atoms with Crippen LogP contribution in [0.15, 0.2) is 54.6 Å². The van der Waals surface area contributed by atoms with E-state index < -0.39 is 15.6 Å². The zero-order chi connectivity index (χ0) is 17.9. The van der Waals surface area contributed by atoms with Gasteiger partial charge >= 0.3 is 0 Å². The van der Waals surface area contributed by atoms with E-state index in [2.05, 4.69) is 31.2 Å². The lowest BCUT2D eigenvalue weighted by molar-refractivity contribution is 0.0108. The van der Waals surface area contributed by atoms with Crippen LogP contribution in [0.4, 0.5) is 0 Å². The molecule has 3 fully saturated rings. The van der Waals surface area contributed by atoms with Gasteiger partial charge in [-0.2, -0.15) is 4.31 Å². The molecule has 1 spiro atoms. The van der Waals surface area contributed by atoms with E-state index in [-0.39, 0.29) is 11.4 Å². The van der Waals surface area contributed by atoms with Crippen LogP contribution in [0.25, 0.3) is 0 Å². The van der Waals surface area contributed by atoms with Crippen LogP contribution in [-0.2, 0) is 21.3 Å². The average Bonchev–Trinajstić information content (AvgIpc) is 3.24. The highest BCUT2D eigenvalue weighted by molar-refractivity contribution is 7.90. The topological polar surface area (TPSA) is 46.6 Å². The maximum Gasteiger partial charge on any atom is 0.220 e. The van der Waals surface area contributed by atoms with Crippen molar-refractivity contribution in [3.05, 3.63) is 71.3 Å². The Morgan fingerprint density at radius 2 is 1.85 bits per heavy atom. The van der Waals surface area contributed by atoms with Crippen LogP contribution in [0.5, 0.6) is 0 Å². The first kappa shape index (κ1) is 16.5. The van der Waals surface area contributed by atoms with E-state index in [4.69, 9.17) is 4.74 Å². The van der Waals surface area contributed by atoms with E-state index >= 15 is 0 Å². The molecule has 5 rings (SSSR count). The zero-order valence-electron chi connectivity index (χ0n) is 14.8. The van der Waals surface area contributed by atoms with Crippen molar-refractivity contribution >= 4 is 10.0 Å². The van der Waals surface area contributed by atoms with Gasteiger partial charge in [0.15, 0.2) is 0 Å². The van der Waals surface area contributed by atoms with Crippen molar-refractivity contribution < 1.29 is 13.2 Å². The highest BCUT2D eigenvalue weighted by Crippen LogP contribution is 2.57. The Morgan fingerprint density at radius 3 is 2.58 bits per heavy atom. The zero-order valence-corrected chi connectivity index (χ0v) is 15.7. The fourth-order valence-electron chi connectivity index (χ4n) is 5.03. The molecule has 2 aromatic rings. The molecule has 3 saturated heterocycles. The summed E-state index contributed by atoms with van der Waals surface area (Å²) in [6.07, 6.45) is 1.44. The lowest BCUT2D eigenvalue weighted by atomic mass is 9.77. The molecule has 0 aromatic heterocycles. The van der Waals surface area contributed by atoms with Gasteiger partial charge in [0.25, 0.3) is 0 Å². The Kier molecular flexibility index (Phi) is 3.58. The van der Waals surface area contributed by atoms with E-state index in [1.165, 1.54) is 11.1 Å². The molecule has 2 aromatic carbocycles. The molecule has 0 unspecified atom stereocenters. The number of ether oxygens (including phenoxy) is 1. The van der Waals surface area contributed by atoms with Gasteiger partial charge in [0.05, 0.1) is 6.10 Å². The van der Waals surface area contributed by atoms with Crippen molar-refractivity contribution in [1.29, 1.82) is 0 Å². The quantitative estimate of drug-likeness (QED) is 0.835. The third kappa shape index (κ3) is 2.38. The van der Waals surface area contributed by atoms with Gasteiger partial charge in [-0.05, 0) is 30.9 Å². The molecule has 136 valence electrons. The summed E-state index contributed by atoms with van der Waals surface area (Å²) >= 11 is 0. The number of sulfonamides is 1. The number of aryl methyl sites for hydroxylation is 1. The van der Waals surface area contributed by atoms with Gasteiger partial charge in [-0.25, -0.2) is 8.42 Å². The minimum atomic E-state index is -3.31. The molecule has 3 aliphatic rings. The minimum absolute atomic E-state index is 0.0244. The molecule has 26 heavy (non-hydrogen) atoms. The van der Waals surface area contributed by atoms with E-state index in [1.54, 1.807) is 4.31 Å². The second-order valence-electron chi connectivity index (χ2n) is 7.97. The van der Waals surface area contributed by atoms with Crippen LogP contribution in [0, 0.1) is 6.92 Å². The normalized spacial score (nSPS) is 34.9. The van der Waals surface area contributed by atoms with E-state index in [0.29, 0.717) is 25.4 Å². The monoisotopic (exact) mass is 369 g/mol. The first-order valence-electron chi connectivity index (χ1n) is 9.25. The molecular weight excluding hydrogens is 346 g/mol. The number of fused-ring (bicyclic) bond motifs is 1. The second-order valence-corrected chi connectivity index (χ2v) is 10.1. The number of rotatable bonds is 3. The Balaban J connectivity index is 1.42. The molecule has 2 bridgehead atoms. The maximum atomic E-state index is 13.1. The minimum Gasteiger partial charge on any atom is -0.368 e. The van der Waals surface area contributed by atoms with Gasteiger partial charge in [0.2, 0.25) is 10.0 Å². The summed E-state index contributed by atoms with van der Waals surface area (Å²) in [5.74, 6) is 0.304. The average molecular weight is 369 g/mol. The lowest BCUT2D eigenvalue weighted by Crippen LogP contribution is -2.39. The highest BCUT2D eigenvalue weighted by atomic mass is 32.2. The molecule has 3 aliphatic heterocycles. The van der Waals surface area contributed by atoms with Crippen LogP contribution in [-0.4, -0.2) is 36.2 Å². The van der Waals surface area contributed by atoms with Crippen molar-refractivity contribution in [2.45, 2.75) is 49.2 Å². The molecule has 5 heteroatoms. The van der Waals surface area contributed by atoms with Crippen molar-refractivity contribution in [3.63, 3.8) is 0 Å². The van der Waals surface area contributed by atoms with Gasteiger partial charge in [0.1, 0.15) is 10.9 Å². The van der Waals surface area contributed by atoms with Gasteiger partial charge in [-0.3, -0.25) is 0 Å². The number of hydrogen-bond acceptors (Lipinski definition) is 3. The van der Waals surface area contributed by atoms with Crippen molar-refractivity contribution in [3.8, 4) is 0 Å². The molecule has 0 aliphatic carbocycles. The molecule has 0 amide bonds. The number of benzene rings is 2. The fraction of sp³-hybridized carbons (Fsp3) is 0.429.